The van der Waals surface area contributed by atoms with Crippen LogP contribution in [0.1, 0.15) is 44.6 Å². The lowest BCUT2D eigenvalue weighted by Crippen LogP contribution is -2.34. The third-order valence-electron chi connectivity index (χ3n) is 3.87. The Hall–Kier alpha value is -1.32. The molecule has 0 saturated heterocycles. The van der Waals surface area contributed by atoms with Crippen LogP contribution >= 0.6 is 0 Å². The number of amides is 1. The van der Waals surface area contributed by atoms with Crippen LogP contribution in [0.25, 0.3) is 0 Å². The highest BCUT2D eigenvalue weighted by Crippen LogP contribution is 2.19. The molecule has 0 unspecified atom stereocenters. The maximum Gasteiger partial charge on any atom is 0.224 e. The van der Waals surface area contributed by atoms with Gasteiger partial charge in [0, 0.05) is 17.8 Å². The number of nitrogens with one attached hydrogen (secondary N) is 2. The first-order chi connectivity index (χ1) is 8.82. The Balaban J connectivity index is 2.52. The van der Waals surface area contributed by atoms with Gasteiger partial charge in [0.05, 0.1) is 12.1 Å². The van der Waals surface area contributed by atoms with E-state index in [1.807, 2.05) is 13.8 Å². The van der Waals surface area contributed by atoms with Crippen molar-refractivity contribution in [1.29, 1.82) is 0 Å². The van der Waals surface area contributed by atoms with Gasteiger partial charge in [0.15, 0.2) is 0 Å². The Morgan fingerprint density at radius 1 is 1.21 bits per heavy atom. The van der Waals surface area contributed by atoms with Crippen molar-refractivity contribution in [2.45, 2.75) is 48.0 Å². The van der Waals surface area contributed by atoms with Crippen molar-refractivity contribution in [2.75, 3.05) is 6.54 Å². The summed E-state index contributed by atoms with van der Waals surface area (Å²) in [4.78, 5) is 12.0. The normalized spacial score (nSPS) is 11.6. The topological polar surface area (TPSA) is 57.8 Å². The minimum absolute atomic E-state index is 0.0823. The molecule has 0 bridgehead atoms. The van der Waals surface area contributed by atoms with E-state index in [1.165, 1.54) is 0 Å². The predicted molar refractivity (Wildman–Crippen MR) is 77.9 cm³/mol. The first-order valence-corrected chi connectivity index (χ1v) is 7.10. The molecule has 0 aliphatic carbocycles. The molecule has 1 amide bonds. The van der Waals surface area contributed by atoms with Gasteiger partial charge in [-0.1, -0.05) is 27.7 Å². The molecule has 4 heteroatoms. The van der Waals surface area contributed by atoms with Crippen molar-refractivity contribution in [3.05, 3.63) is 17.0 Å². The Kier molecular flexibility index (Phi) is 5.58. The molecule has 0 spiro atoms. The van der Waals surface area contributed by atoms with Crippen LogP contribution in [0, 0.1) is 31.6 Å². The molecule has 0 aliphatic rings. The standard InChI is InChI=1S/C15H27N3O/c1-9(2)14(10(3)4)8-16-15(19)7-13-11(5)17-18-12(13)6/h9-10,14H,7-8H2,1-6H3,(H,16,19)(H,17,18). The van der Waals surface area contributed by atoms with Crippen LogP contribution in [0.5, 0.6) is 0 Å². The summed E-state index contributed by atoms with van der Waals surface area (Å²) < 4.78 is 0. The van der Waals surface area contributed by atoms with E-state index in [0.717, 1.165) is 23.5 Å². The fourth-order valence-corrected chi connectivity index (χ4v) is 2.53. The zero-order valence-corrected chi connectivity index (χ0v) is 13.0. The molecule has 0 fully saturated rings. The maximum absolute atomic E-state index is 12.0. The maximum atomic E-state index is 12.0. The van der Waals surface area contributed by atoms with E-state index in [4.69, 9.17) is 0 Å². The molecule has 0 saturated carbocycles. The molecule has 1 aromatic heterocycles. The lowest BCUT2D eigenvalue weighted by Gasteiger charge is -2.25. The molecule has 1 aromatic rings. The highest BCUT2D eigenvalue weighted by molar-refractivity contribution is 5.79. The highest BCUT2D eigenvalue weighted by atomic mass is 16.1. The molecule has 108 valence electrons. The van der Waals surface area contributed by atoms with Crippen molar-refractivity contribution in [3.63, 3.8) is 0 Å². The van der Waals surface area contributed by atoms with Gasteiger partial charge in [0.2, 0.25) is 5.91 Å². The number of hydrogen-bond acceptors (Lipinski definition) is 2. The van der Waals surface area contributed by atoms with Crippen LogP contribution in [-0.4, -0.2) is 22.6 Å². The van der Waals surface area contributed by atoms with Crippen LogP contribution < -0.4 is 5.32 Å². The summed E-state index contributed by atoms with van der Waals surface area (Å²) in [5.74, 6) is 1.77. The average Bonchev–Trinajstić information content (AvgIpc) is 2.60. The monoisotopic (exact) mass is 265 g/mol. The number of hydrogen-bond donors (Lipinski definition) is 2. The molecule has 0 aromatic carbocycles. The Morgan fingerprint density at radius 2 is 1.79 bits per heavy atom. The molecule has 2 N–H and O–H groups in total. The van der Waals surface area contributed by atoms with Gasteiger partial charge in [0.25, 0.3) is 0 Å². The summed E-state index contributed by atoms with van der Waals surface area (Å²) in [6.45, 7) is 13.5. The highest BCUT2D eigenvalue weighted by Gasteiger charge is 2.19. The predicted octanol–water partition coefficient (Wildman–Crippen LogP) is 2.61. The molecule has 0 radical (unpaired) electrons. The van der Waals surface area contributed by atoms with E-state index in [1.54, 1.807) is 0 Å². The molecular weight excluding hydrogens is 238 g/mol. The van der Waals surface area contributed by atoms with E-state index >= 15 is 0 Å². The largest absolute Gasteiger partial charge is 0.356 e. The van der Waals surface area contributed by atoms with Gasteiger partial charge in [0.1, 0.15) is 0 Å². The molecular formula is C15H27N3O. The number of carbonyl (C=O) groups excluding carboxylic acids is 1. The quantitative estimate of drug-likeness (QED) is 0.830. The number of carbonyl (C=O) groups is 1. The molecule has 4 nitrogen and oxygen atoms in total. The molecule has 0 aliphatic heterocycles. The first kappa shape index (κ1) is 15.7. The van der Waals surface area contributed by atoms with Crippen LogP contribution in [0.3, 0.4) is 0 Å². The summed E-state index contributed by atoms with van der Waals surface area (Å²) in [5, 5.41) is 10.1. The Labute approximate surface area is 116 Å². The van der Waals surface area contributed by atoms with Gasteiger partial charge in [-0.25, -0.2) is 0 Å². The fourth-order valence-electron chi connectivity index (χ4n) is 2.53. The van der Waals surface area contributed by atoms with Crippen molar-refractivity contribution in [1.82, 2.24) is 15.5 Å². The van der Waals surface area contributed by atoms with Gasteiger partial charge in [-0.15, -0.1) is 0 Å². The van der Waals surface area contributed by atoms with Crippen molar-refractivity contribution in [3.8, 4) is 0 Å². The van der Waals surface area contributed by atoms with Crippen LogP contribution in [-0.2, 0) is 11.2 Å². The molecule has 1 heterocycles. The minimum Gasteiger partial charge on any atom is -0.356 e. The third-order valence-corrected chi connectivity index (χ3v) is 3.87. The lowest BCUT2D eigenvalue weighted by molar-refractivity contribution is -0.120. The average molecular weight is 265 g/mol. The summed E-state index contributed by atoms with van der Waals surface area (Å²) in [7, 11) is 0. The van der Waals surface area contributed by atoms with Gasteiger partial charge >= 0.3 is 0 Å². The lowest BCUT2D eigenvalue weighted by atomic mass is 9.85. The smallest absolute Gasteiger partial charge is 0.224 e. The zero-order valence-electron chi connectivity index (χ0n) is 13.0. The Bertz CT molecular complexity index is 394. The number of aromatic nitrogens is 2. The van der Waals surface area contributed by atoms with E-state index < -0.39 is 0 Å². The SMILES string of the molecule is Cc1n[nH]c(C)c1CC(=O)NCC(C(C)C)C(C)C. The molecule has 1 rings (SSSR count). The van der Waals surface area contributed by atoms with Crippen molar-refractivity contribution in [2.24, 2.45) is 17.8 Å². The number of aryl methyl sites for hydroxylation is 2. The number of H-pyrrole nitrogens is 1. The number of nitrogens with zero attached hydrogens (tertiary/aromatic N) is 1. The van der Waals surface area contributed by atoms with Gasteiger partial charge < -0.3 is 5.32 Å². The van der Waals surface area contributed by atoms with Crippen LogP contribution in [0.2, 0.25) is 0 Å². The zero-order chi connectivity index (χ0) is 14.6. The van der Waals surface area contributed by atoms with Crippen LogP contribution in [0.4, 0.5) is 0 Å². The molecule has 19 heavy (non-hydrogen) atoms. The van der Waals surface area contributed by atoms with Crippen molar-refractivity contribution >= 4 is 5.91 Å². The Morgan fingerprint density at radius 3 is 2.21 bits per heavy atom. The third kappa shape index (κ3) is 4.37. The summed E-state index contributed by atoms with van der Waals surface area (Å²) >= 11 is 0. The second kappa shape index (κ2) is 6.73. The van der Waals surface area contributed by atoms with Gasteiger partial charge in [-0.05, 0) is 31.6 Å². The summed E-state index contributed by atoms with van der Waals surface area (Å²) in [6.07, 6.45) is 0.414. The number of aromatic amines is 1. The van der Waals surface area contributed by atoms with Gasteiger partial charge in [-0.2, -0.15) is 5.10 Å². The first-order valence-electron chi connectivity index (χ1n) is 7.10. The summed E-state index contributed by atoms with van der Waals surface area (Å²) in [6, 6.07) is 0. The van der Waals surface area contributed by atoms with E-state index in [0.29, 0.717) is 24.2 Å². The van der Waals surface area contributed by atoms with Crippen LogP contribution in [0.15, 0.2) is 0 Å². The second-order valence-corrected chi connectivity index (χ2v) is 6.05. The van der Waals surface area contributed by atoms with E-state index in [-0.39, 0.29) is 5.91 Å². The second-order valence-electron chi connectivity index (χ2n) is 6.05. The molecule has 0 atom stereocenters. The van der Waals surface area contributed by atoms with E-state index in [9.17, 15) is 4.79 Å². The van der Waals surface area contributed by atoms with E-state index in [2.05, 4.69) is 43.2 Å². The van der Waals surface area contributed by atoms with Crippen molar-refractivity contribution < 1.29 is 4.79 Å². The fraction of sp³-hybridized carbons (Fsp3) is 0.733. The summed E-state index contributed by atoms with van der Waals surface area (Å²) in [5.41, 5.74) is 2.91. The number of rotatable bonds is 6. The minimum atomic E-state index is 0.0823. The van der Waals surface area contributed by atoms with Gasteiger partial charge in [-0.3, -0.25) is 9.89 Å².